The number of rotatable bonds is 10. The minimum absolute atomic E-state index is 0.101. The zero-order valence-corrected chi connectivity index (χ0v) is 19.3. The Morgan fingerprint density at radius 3 is 2.26 bits per heavy atom. The van der Waals surface area contributed by atoms with E-state index < -0.39 is 13.9 Å². The van der Waals surface area contributed by atoms with Crippen LogP contribution in [0.3, 0.4) is 0 Å². The molecule has 1 aromatic rings. The maximum atomic E-state index is 12.9. The van der Waals surface area contributed by atoms with Crippen molar-refractivity contribution in [3.8, 4) is 0 Å². The first kappa shape index (κ1) is 23.9. The zero-order valence-electron chi connectivity index (χ0n) is 18.3. The molecule has 0 aliphatic heterocycles. The Morgan fingerprint density at radius 2 is 1.78 bits per heavy atom. The molecule has 2 N–H and O–H groups in total. The lowest BCUT2D eigenvalue weighted by Gasteiger charge is -2.38. The third kappa shape index (κ3) is 6.73. The van der Waals surface area contributed by atoms with E-state index in [0.29, 0.717) is 19.4 Å². The van der Waals surface area contributed by atoms with Crippen molar-refractivity contribution in [1.82, 2.24) is 5.32 Å². The van der Waals surface area contributed by atoms with Gasteiger partial charge in [0.15, 0.2) is 8.32 Å². The molecular formula is C22H39NO3Si. The Labute approximate surface area is 166 Å². The van der Waals surface area contributed by atoms with Crippen LogP contribution >= 0.6 is 0 Å². The van der Waals surface area contributed by atoms with Crippen LogP contribution in [-0.4, -0.2) is 31.5 Å². The van der Waals surface area contributed by atoms with Crippen LogP contribution in [0.25, 0.3) is 0 Å². The molecule has 0 saturated carbocycles. The highest BCUT2D eigenvalue weighted by Crippen LogP contribution is 2.37. The minimum Gasteiger partial charge on any atom is -0.414 e. The van der Waals surface area contributed by atoms with Crippen molar-refractivity contribution >= 4 is 14.2 Å². The third-order valence-electron chi connectivity index (χ3n) is 5.88. The molecule has 5 heteroatoms. The Hall–Kier alpha value is -1.17. The lowest BCUT2D eigenvalue weighted by Crippen LogP contribution is -2.49. The normalized spacial score (nSPS) is 15.9. The number of carbonyl (C=O) groups excluding carboxylic acids is 1. The molecule has 0 aliphatic rings. The summed E-state index contributed by atoms with van der Waals surface area (Å²) >= 11 is 0. The molecule has 1 rings (SSSR count). The van der Waals surface area contributed by atoms with Gasteiger partial charge in [0.05, 0.1) is 12.6 Å². The van der Waals surface area contributed by atoms with E-state index in [1.807, 2.05) is 37.3 Å². The summed E-state index contributed by atoms with van der Waals surface area (Å²) < 4.78 is 6.38. The van der Waals surface area contributed by atoms with Crippen molar-refractivity contribution in [3.05, 3.63) is 35.9 Å². The maximum Gasteiger partial charge on any atom is 0.252 e. The van der Waals surface area contributed by atoms with Crippen LogP contribution in [0, 0.1) is 0 Å². The molecule has 1 amide bonds. The molecule has 0 radical (unpaired) electrons. The van der Waals surface area contributed by atoms with Crippen LogP contribution < -0.4 is 5.32 Å². The molecule has 2 atom stereocenters. The van der Waals surface area contributed by atoms with Gasteiger partial charge in [-0.2, -0.15) is 0 Å². The average Bonchev–Trinajstić information content (AvgIpc) is 2.62. The molecule has 0 aliphatic carbocycles. The zero-order chi connectivity index (χ0) is 20.7. The lowest BCUT2D eigenvalue weighted by atomic mass is 9.92. The van der Waals surface area contributed by atoms with Crippen molar-refractivity contribution in [2.24, 2.45) is 0 Å². The van der Waals surface area contributed by atoms with Crippen LogP contribution in [0.1, 0.15) is 71.9 Å². The van der Waals surface area contributed by atoms with Crippen LogP contribution in [0.15, 0.2) is 30.3 Å². The molecular weight excluding hydrogens is 354 g/mol. The van der Waals surface area contributed by atoms with Crippen LogP contribution in [0.2, 0.25) is 18.1 Å². The molecule has 1 aromatic carbocycles. The Balaban J connectivity index is 2.98. The topological polar surface area (TPSA) is 58.6 Å². The highest BCUT2D eigenvalue weighted by Gasteiger charge is 2.39. The summed E-state index contributed by atoms with van der Waals surface area (Å²) in [5, 5.41) is 14.0. The summed E-state index contributed by atoms with van der Waals surface area (Å²) in [4.78, 5) is 12.9. The number of benzene rings is 1. The Morgan fingerprint density at radius 1 is 1.19 bits per heavy atom. The molecule has 0 unspecified atom stereocenters. The van der Waals surface area contributed by atoms with Crippen molar-refractivity contribution in [1.29, 1.82) is 0 Å². The minimum atomic E-state index is -1.94. The van der Waals surface area contributed by atoms with E-state index in [2.05, 4.69) is 46.1 Å². The maximum absolute atomic E-state index is 12.9. The molecule has 0 bridgehead atoms. The van der Waals surface area contributed by atoms with Gasteiger partial charge in [-0.25, -0.2) is 0 Å². The van der Waals surface area contributed by atoms with Gasteiger partial charge >= 0.3 is 0 Å². The summed E-state index contributed by atoms with van der Waals surface area (Å²) in [5.74, 6) is -0.300. The van der Waals surface area contributed by atoms with Crippen molar-refractivity contribution in [3.63, 3.8) is 0 Å². The second-order valence-electron chi connectivity index (χ2n) is 9.00. The van der Waals surface area contributed by atoms with Gasteiger partial charge in [0.25, 0.3) is 5.91 Å². The fraction of sp³-hybridized carbons (Fsp3) is 0.682. The van der Waals surface area contributed by atoms with Crippen molar-refractivity contribution < 1.29 is 14.3 Å². The lowest BCUT2D eigenvalue weighted by molar-refractivity contribution is -0.142. The smallest absolute Gasteiger partial charge is 0.252 e. The molecule has 27 heavy (non-hydrogen) atoms. The van der Waals surface area contributed by atoms with Crippen LogP contribution in [0.5, 0.6) is 0 Å². The van der Waals surface area contributed by atoms with E-state index in [0.717, 1.165) is 18.4 Å². The first-order valence-corrected chi connectivity index (χ1v) is 13.1. The number of carbonyl (C=O) groups is 1. The van der Waals surface area contributed by atoms with Gasteiger partial charge in [-0.1, -0.05) is 77.8 Å². The average molecular weight is 394 g/mol. The van der Waals surface area contributed by atoms with E-state index >= 15 is 0 Å². The standard InChI is InChI=1S/C22H39NO3Si/c1-8-10-16-22(25,9-2)20(24)23-19(18-14-12-11-13-15-18)17-26-27(6,7)21(3,4)5/h11-15,19,25H,8-10,16-17H2,1-7H3,(H,23,24)/t19-,22-/m0/s1. The predicted molar refractivity (Wildman–Crippen MR) is 115 cm³/mol. The summed E-state index contributed by atoms with van der Waals surface area (Å²) in [7, 11) is -1.94. The van der Waals surface area contributed by atoms with Crippen molar-refractivity contribution in [2.75, 3.05) is 6.61 Å². The number of amides is 1. The number of hydrogen-bond donors (Lipinski definition) is 2. The van der Waals surface area contributed by atoms with E-state index in [1.54, 1.807) is 0 Å². The van der Waals surface area contributed by atoms with E-state index in [-0.39, 0.29) is 17.0 Å². The fourth-order valence-corrected chi connectivity index (χ4v) is 3.64. The summed E-state index contributed by atoms with van der Waals surface area (Å²) in [6, 6.07) is 9.61. The third-order valence-corrected chi connectivity index (χ3v) is 10.4. The van der Waals surface area contributed by atoms with Gasteiger partial charge < -0.3 is 14.8 Å². The number of nitrogens with one attached hydrogen (secondary N) is 1. The van der Waals surface area contributed by atoms with Gasteiger partial charge in [0.1, 0.15) is 5.60 Å². The number of aliphatic hydroxyl groups is 1. The molecule has 4 nitrogen and oxygen atoms in total. The first-order chi connectivity index (χ1) is 12.5. The van der Waals surface area contributed by atoms with Gasteiger partial charge in [-0.05, 0) is 36.5 Å². The van der Waals surface area contributed by atoms with E-state index in [4.69, 9.17) is 4.43 Å². The largest absolute Gasteiger partial charge is 0.414 e. The summed E-state index contributed by atoms with van der Waals surface area (Å²) in [5.41, 5.74) is -0.321. The summed E-state index contributed by atoms with van der Waals surface area (Å²) in [6.45, 7) is 15.4. The molecule has 0 aromatic heterocycles. The van der Waals surface area contributed by atoms with E-state index in [1.165, 1.54) is 0 Å². The summed E-state index contributed by atoms with van der Waals surface area (Å²) in [6.07, 6.45) is 2.67. The molecule has 154 valence electrons. The van der Waals surface area contributed by atoms with Gasteiger partial charge in [-0.3, -0.25) is 4.79 Å². The second-order valence-corrected chi connectivity index (χ2v) is 13.8. The highest BCUT2D eigenvalue weighted by molar-refractivity contribution is 6.74. The Kier molecular flexibility index (Phi) is 8.71. The van der Waals surface area contributed by atoms with Gasteiger partial charge in [0, 0.05) is 0 Å². The molecule has 0 spiro atoms. The predicted octanol–water partition coefficient (Wildman–Crippen LogP) is 5.20. The van der Waals surface area contributed by atoms with Gasteiger partial charge in [0.2, 0.25) is 0 Å². The first-order valence-electron chi connectivity index (χ1n) is 10.2. The fourth-order valence-electron chi connectivity index (χ4n) is 2.63. The Bertz CT molecular complexity index is 583. The van der Waals surface area contributed by atoms with Gasteiger partial charge in [-0.15, -0.1) is 0 Å². The van der Waals surface area contributed by atoms with E-state index in [9.17, 15) is 9.90 Å². The van der Waals surface area contributed by atoms with Crippen LogP contribution in [0.4, 0.5) is 0 Å². The molecule has 0 heterocycles. The second kappa shape index (κ2) is 9.85. The van der Waals surface area contributed by atoms with Crippen molar-refractivity contribution in [2.45, 2.75) is 90.1 Å². The quantitative estimate of drug-likeness (QED) is 0.537. The molecule has 0 saturated heterocycles. The highest BCUT2D eigenvalue weighted by atomic mass is 28.4. The number of hydrogen-bond acceptors (Lipinski definition) is 3. The SMILES string of the molecule is CCCC[C@@](O)(CC)C(=O)N[C@@H](CO[Si](C)(C)C(C)(C)C)c1ccccc1. The number of unbranched alkanes of at least 4 members (excludes halogenated alkanes) is 1. The monoisotopic (exact) mass is 393 g/mol. The van der Waals surface area contributed by atoms with Crippen LogP contribution in [-0.2, 0) is 9.22 Å². The molecule has 0 fully saturated rings.